The first-order valence-corrected chi connectivity index (χ1v) is 10.7. The number of cyclic esters (lactones) is 1. The molecule has 5 atom stereocenters. The quantitative estimate of drug-likeness (QED) is 0.493. The number of rotatable bonds is 0. The van der Waals surface area contributed by atoms with E-state index in [9.17, 15) is 4.79 Å². The summed E-state index contributed by atoms with van der Waals surface area (Å²) in [5.41, 5.74) is 3.30. The lowest BCUT2D eigenvalue weighted by Crippen LogP contribution is -2.30. The Morgan fingerprint density at radius 2 is 1.80 bits per heavy atom. The van der Waals surface area contributed by atoms with Gasteiger partial charge in [-0.15, -0.1) is 0 Å². The van der Waals surface area contributed by atoms with E-state index in [0.717, 1.165) is 16.7 Å². The van der Waals surface area contributed by atoms with Gasteiger partial charge >= 0.3 is 5.97 Å². The number of aryl methyl sites for hydroxylation is 2. The van der Waals surface area contributed by atoms with Crippen molar-refractivity contribution in [3.8, 4) is 0 Å². The molecule has 2 heterocycles. The smallest absolute Gasteiger partial charge is 0.339 e. The van der Waals surface area contributed by atoms with Crippen LogP contribution in [0.5, 0.6) is 0 Å². The molecule has 164 valence electrons. The van der Waals surface area contributed by atoms with Gasteiger partial charge in [-0.2, -0.15) is 0 Å². The van der Waals surface area contributed by atoms with Gasteiger partial charge in [0.25, 0.3) is 0 Å². The molecule has 30 heavy (non-hydrogen) atoms. The maximum atomic E-state index is 15.1. The minimum Gasteiger partial charge on any atom is -0.458 e. The summed E-state index contributed by atoms with van der Waals surface area (Å²) in [5.74, 6) is -2.16. The number of benzene rings is 1. The van der Waals surface area contributed by atoms with E-state index in [4.69, 9.17) is 14.2 Å². The number of hydrogen-bond acceptors (Lipinski definition) is 4. The van der Waals surface area contributed by atoms with Crippen molar-refractivity contribution in [1.29, 1.82) is 0 Å². The Hall–Kier alpha value is -1.98. The van der Waals surface area contributed by atoms with Gasteiger partial charge in [-0.25, -0.2) is 9.18 Å². The zero-order valence-corrected chi connectivity index (χ0v) is 19.0. The number of esters is 1. The Balaban J connectivity index is 2.06. The van der Waals surface area contributed by atoms with Crippen LogP contribution in [0.2, 0.25) is 0 Å². The summed E-state index contributed by atoms with van der Waals surface area (Å²) < 4.78 is 32.9. The average Bonchev–Trinajstić information content (AvgIpc) is 2.94. The predicted octanol–water partition coefficient (Wildman–Crippen LogP) is 5.91. The average molecular weight is 417 g/mol. The van der Waals surface area contributed by atoms with Crippen molar-refractivity contribution < 1.29 is 23.4 Å². The molecule has 4 nitrogen and oxygen atoms in total. The molecule has 1 aromatic rings. The maximum Gasteiger partial charge on any atom is 0.339 e. The van der Waals surface area contributed by atoms with E-state index >= 15 is 4.39 Å². The van der Waals surface area contributed by atoms with Crippen molar-refractivity contribution in [3.63, 3.8) is 0 Å². The summed E-state index contributed by atoms with van der Waals surface area (Å²) in [5, 5.41) is 0. The number of ether oxygens (including phenoxy) is 3. The summed E-state index contributed by atoms with van der Waals surface area (Å²) in [6.07, 6.45) is 4.86. The van der Waals surface area contributed by atoms with Crippen molar-refractivity contribution in [2.75, 3.05) is 0 Å². The highest BCUT2D eigenvalue weighted by Gasteiger charge is 2.44. The highest BCUT2D eigenvalue weighted by Crippen LogP contribution is 2.37. The molecule has 0 amide bonds. The first-order chi connectivity index (χ1) is 14.0. The van der Waals surface area contributed by atoms with Crippen LogP contribution in [0.3, 0.4) is 0 Å². The molecule has 0 N–H and O–H groups in total. The van der Waals surface area contributed by atoms with E-state index in [-0.39, 0.29) is 23.8 Å². The normalized spacial score (nSPS) is 33.7. The van der Waals surface area contributed by atoms with Crippen LogP contribution in [0.25, 0.3) is 6.08 Å². The minimum atomic E-state index is -0.769. The second-order valence-electron chi connectivity index (χ2n) is 9.13. The third-order valence-electron chi connectivity index (χ3n) is 5.99. The standard InChI is InChI=1S/C25H33FO4/c1-14-11-16(3)22-19(12-14)9-8-10-21-23(30-25(6,7)29-21)17(4)20(26)13-15(2)18(5)28-24(22)27/h8-9,11-13,15,17-18,21,23H,10H2,1-7H3/b9-8?,20-13+/t15-,17?,18+,21?,23?/m1/s1. The van der Waals surface area contributed by atoms with Crippen LogP contribution < -0.4 is 0 Å². The fourth-order valence-corrected chi connectivity index (χ4v) is 4.24. The number of fused-ring (bicyclic) bond motifs is 2. The number of hydrogen-bond donors (Lipinski definition) is 0. The first-order valence-electron chi connectivity index (χ1n) is 10.7. The molecule has 0 aliphatic carbocycles. The molecule has 5 heteroatoms. The summed E-state index contributed by atoms with van der Waals surface area (Å²) in [6.45, 7) is 13.1. The summed E-state index contributed by atoms with van der Waals surface area (Å²) in [7, 11) is 0. The lowest BCUT2D eigenvalue weighted by atomic mass is 9.92. The summed E-state index contributed by atoms with van der Waals surface area (Å²) >= 11 is 0. The second kappa shape index (κ2) is 8.64. The Labute approximate surface area is 179 Å². The summed E-state index contributed by atoms with van der Waals surface area (Å²) in [6, 6.07) is 3.95. The third kappa shape index (κ3) is 4.84. The third-order valence-corrected chi connectivity index (χ3v) is 5.99. The van der Waals surface area contributed by atoms with Gasteiger partial charge in [0.15, 0.2) is 5.79 Å². The van der Waals surface area contributed by atoms with Crippen LogP contribution in [0.1, 0.15) is 68.1 Å². The van der Waals surface area contributed by atoms with Crippen LogP contribution in [0, 0.1) is 25.7 Å². The Morgan fingerprint density at radius 1 is 1.10 bits per heavy atom. The van der Waals surface area contributed by atoms with Crippen molar-refractivity contribution in [1.82, 2.24) is 0 Å². The van der Waals surface area contributed by atoms with Gasteiger partial charge in [0.05, 0.1) is 17.8 Å². The molecule has 0 spiro atoms. The number of halogens is 1. The second-order valence-corrected chi connectivity index (χ2v) is 9.13. The van der Waals surface area contributed by atoms with Gasteiger partial charge in [0.1, 0.15) is 11.9 Å². The molecule has 0 radical (unpaired) electrons. The van der Waals surface area contributed by atoms with Crippen LogP contribution in [0.4, 0.5) is 4.39 Å². The van der Waals surface area contributed by atoms with Crippen molar-refractivity contribution in [3.05, 3.63) is 52.4 Å². The molecule has 0 bridgehead atoms. The highest BCUT2D eigenvalue weighted by molar-refractivity contribution is 5.95. The first kappa shape index (κ1) is 22.7. The van der Waals surface area contributed by atoms with E-state index < -0.39 is 23.9 Å². The van der Waals surface area contributed by atoms with E-state index in [1.54, 1.807) is 13.0 Å². The zero-order valence-electron chi connectivity index (χ0n) is 19.0. The predicted molar refractivity (Wildman–Crippen MR) is 116 cm³/mol. The molecule has 1 saturated heterocycles. The molecular weight excluding hydrogens is 383 g/mol. The molecule has 2 aliphatic heterocycles. The summed E-state index contributed by atoms with van der Waals surface area (Å²) in [4.78, 5) is 13.0. The molecule has 2 aliphatic rings. The van der Waals surface area contributed by atoms with E-state index in [2.05, 4.69) is 0 Å². The van der Waals surface area contributed by atoms with E-state index in [0.29, 0.717) is 12.0 Å². The SMILES string of the molecule is Cc1cc(C)c2c(c1)C=CCC1OC(C)(C)OC1C(C)/C(F)=C\[C@@H](C)[C@H](C)OC2=O. The molecule has 3 unspecified atom stereocenters. The van der Waals surface area contributed by atoms with Crippen LogP contribution in [-0.4, -0.2) is 30.1 Å². The maximum absolute atomic E-state index is 15.1. The van der Waals surface area contributed by atoms with Crippen LogP contribution >= 0.6 is 0 Å². The number of carbonyl (C=O) groups is 1. The molecular formula is C25H33FO4. The van der Waals surface area contributed by atoms with E-state index in [1.807, 2.05) is 65.8 Å². The Bertz CT molecular complexity index is 870. The van der Waals surface area contributed by atoms with Crippen LogP contribution in [-0.2, 0) is 14.2 Å². The molecule has 0 aromatic heterocycles. The van der Waals surface area contributed by atoms with Crippen molar-refractivity contribution >= 4 is 12.0 Å². The molecule has 3 rings (SSSR count). The largest absolute Gasteiger partial charge is 0.458 e. The zero-order chi connectivity index (χ0) is 22.2. The van der Waals surface area contributed by atoms with E-state index in [1.165, 1.54) is 0 Å². The Morgan fingerprint density at radius 3 is 2.50 bits per heavy atom. The lowest BCUT2D eigenvalue weighted by molar-refractivity contribution is -0.149. The van der Waals surface area contributed by atoms with Crippen molar-refractivity contribution in [2.45, 2.75) is 79.0 Å². The fraction of sp³-hybridized carbons (Fsp3) is 0.560. The highest BCUT2D eigenvalue weighted by atomic mass is 19.1. The topological polar surface area (TPSA) is 44.8 Å². The molecule has 1 aromatic carbocycles. The fourth-order valence-electron chi connectivity index (χ4n) is 4.24. The van der Waals surface area contributed by atoms with Crippen molar-refractivity contribution in [2.24, 2.45) is 11.8 Å². The number of carbonyl (C=O) groups excluding carboxylic acids is 1. The van der Waals surface area contributed by atoms with Gasteiger partial charge in [0, 0.05) is 11.8 Å². The minimum absolute atomic E-state index is 0.269. The Kier molecular flexibility index (Phi) is 6.54. The van der Waals surface area contributed by atoms with Gasteiger partial charge < -0.3 is 14.2 Å². The van der Waals surface area contributed by atoms with Gasteiger partial charge in [0.2, 0.25) is 0 Å². The van der Waals surface area contributed by atoms with Crippen LogP contribution in [0.15, 0.2) is 30.1 Å². The molecule has 1 fully saturated rings. The molecule has 0 saturated carbocycles. The monoisotopic (exact) mass is 416 g/mol. The van der Waals surface area contributed by atoms with Gasteiger partial charge in [-0.3, -0.25) is 0 Å². The van der Waals surface area contributed by atoms with Gasteiger partial charge in [-0.1, -0.05) is 43.7 Å². The van der Waals surface area contributed by atoms with Gasteiger partial charge in [-0.05, 0) is 58.2 Å². The lowest BCUT2D eigenvalue weighted by Gasteiger charge is -2.24.